The largest absolute Gasteiger partial charge is 0.481 e. The summed E-state index contributed by atoms with van der Waals surface area (Å²) in [5.74, 6) is -4.24. The SMILES string of the molecule is NCCCCC(N)C(=O)NC(CO)C(=O)NC(CCC(=O)O)C(=O)O. The van der Waals surface area contributed by atoms with E-state index in [0.29, 0.717) is 25.8 Å². The van der Waals surface area contributed by atoms with E-state index < -0.39 is 54.9 Å². The van der Waals surface area contributed by atoms with Gasteiger partial charge in [0.05, 0.1) is 12.6 Å². The topological polar surface area (TPSA) is 205 Å². The Labute approximate surface area is 144 Å². The van der Waals surface area contributed by atoms with Crippen molar-refractivity contribution in [3.63, 3.8) is 0 Å². The lowest BCUT2D eigenvalue weighted by atomic mass is 10.1. The number of rotatable bonds is 13. The van der Waals surface area contributed by atoms with E-state index in [1.807, 2.05) is 0 Å². The summed E-state index contributed by atoms with van der Waals surface area (Å²) in [5.41, 5.74) is 11.0. The molecular formula is C14H26N4O7. The number of carboxylic acid groups (broad SMARTS) is 2. The molecule has 0 aromatic carbocycles. The Balaban J connectivity index is 4.63. The number of aliphatic carboxylic acids is 2. The Morgan fingerprint density at radius 1 is 0.920 bits per heavy atom. The number of hydrogen-bond donors (Lipinski definition) is 7. The number of carboxylic acids is 2. The van der Waals surface area contributed by atoms with Crippen molar-refractivity contribution in [1.29, 1.82) is 0 Å². The zero-order valence-corrected chi connectivity index (χ0v) is 13.8. The Morgan fingerprint density at radius 3 is 2.00 bits per heavy atom. The lowest BCUT2D eigenvalue weighted by Gasteiger charge is -2.21. The molecule has 0 heterocycles. The molecule has 0 bridgehead atoms. The van der Waals surface area contributed by atoms with Gasteiger partial charge in [-0.15, -0.1) is 0 Å². The van der Waals surface area contributed by atoms with Crippen molar-refractivity contribution in [1.82, 2.24) is 10.6 Å². The lowest BCUT2D eigenvalue weighted by molar-refractivity contribution is -0.143. The smallest absolute Gasteiger partial charge is 0.326 e. The summed E-state index contributed by atoms with van der Waals surface area (Å²) < 4.78 is 0. The third kappa shape index (κ3) is 9.59. The average molecular weight is 362 g/mol. The van der Waals surface area contributed by atoms with E-state index in [-0.39, 0.29) is 6.42 Å². The van der Waals surface area contributed by atoms with Gasteiger partial charge in [0.1, 0.15) is 12.1 Å². The number of aliphatic hydroxyl groups excluding tert-OH is 1. The van der Waals surface area contributed by atoms with Crippen LogP contribution in [0.3, 0.4) is 0 Å². The Morgan fingerprint density at radius 2 is 1.52 bits per heavy atom. The van der Waals surface area contributed by atoms with Crippen LogP contribution in [0.2, 0.25) is 0 Å². The maximum atomic E-state index is 12.0. The maximum absolute atomic E-state index is 12.0. The first-order chi connectivity index (χ1) is 11.7. The number of hydrogen-bond acceptors (Lipinski definition) is 7. The number of aliphatic hydroxyl groups is 1. The third-order valence-corrected chi connectivity index (χ3v) is 3.38. The number of nitrogens with two attached hydrogens (primary N) is 2. The van der Waals surface area contributed by atoms with Crippen LogP contribution in [0, 0.1) is 0 Å². The van der Waals surface area contributed by atoms with E-state index in [9.17, 15) is 24.3 Å². The average Bonchev–Trinajstić information content (AvgIpc) is 2.55. The van der Waals surface area contributed by atoms with Crippen molar-refractivity contribution in [3.8, 4) is 0 Å². The Bertz CT molecular complexity index is 472. The molecule has 11 heteroatoms. The predicted octanol–water partition coefficient (Wildman–Crippen LogP) is -2.65. The van der Waals surface area contributed by atoms with Crippen LogP contribution in [0.4, 0.5) is 0 Å². The van der Waals surface area contributed by atoms with E-state index in [0.717, 1.165) is 0 Å². The second-order valence-corrected chi connectivity index (χ2v) is 5.47. The molecule has 0 saturated carbocycles. The molecule has 0 aromatic rings. The minimum absolute atomic E-state index is 0.332. The molecule has 25 heavy (non-hydrogen) atoms. The highest BCUT2D eigenvalue weighted by Crippen LogP contribution is 2.01. The van der Waals surface area contributed by atoms with Crippen LogP contribution in [-0.2, 0) is 19.2 Å². The van der Waals surface area contributed by atoms with Crippen LogP contribution in [-0.4, -0.2) is 70.3 Å². The molecule has 11 nitrogen and oxygen atoms in total. The number of carbonyl (C=O) groups excluding carboxylic acids is 2. The van der Waals surface area contributed by atoms with E-state index in [2.05, 4.69) is 10.6 Å². The van der Waals surface area contributed by atoms with Crippen LogP contribution < -0.4 is 22.1 Å². The van der Waals surface area contributed by atoms with Crippen LogP contribution in [0.5, 0.6) is 0 Å². The normalized spacial score (nSPS) is 14.2. The van der Waals surface area contributed by atoms with E-state index >= 15 is 0 Å². The zero-order valence-electron chi connectivity index (χ0n) is 13.8. The molecular weight excluding hydrogens is 336 g/mol. The monoisotopic (exact) mass is 362 g/mol. The van der Waals surface area contributed by atoms with Gasteiger partial charge in [0.2, 0.25) is 11.8 Å². The highest BCUT2D eigenvalue weighted by atomic mass is 16.4. The zero-order chi connectivity index (χ0) is 19.4. The lowest BCUT2D eigenvalue weighted by Crippen LogP contribution is -2.55. The van der Waals surface area contributed by atoms with Crippen molar-refractivity contribution in [2.75, 3.05) is 13.2 Å². The molecule has 0 aromatic heterocycles. The molecule has 0 saturated heterocycles. The van der Waals surface area contributed by atoms with E-state index in [1.54, 1.807) is 0 Å². The molecule has 0 spiro atoms. The highest BCUT2D eigenvalue weighted by Gasteiger charge is 2.27. The van der Waals surface area contributed by atoms with Crippen LogP contribution in [0.25, 0.3) is 0 Å². The van der Waals surface area contributed by atoms with Gasteiger partial charge in [-0.05, 0) is 25.8 Å². The Hall–Kier alpha value is -2.24. The summed E-state index contributed by atoms with van der Waals surface area (Å²) in [4.78, 5) is 45.4. The minimum atomic E-state index is -1.45. The van der Waals surface area contributed by atoms with E-state index in [4.69, 9.17) is 21.7 Å². The van der Waals surface area contributed by atoms with Crippen molar-refractivity contribution in [2.45, 2.75) is 50.2 Å². The summed E-state index contributed by atoms with van der Waals surface area (Å²) in [6.45, 7) is -0.304. The van der Waals surface area contributed by atoms with Crippen LogP contribution >= 0.6 is 0 Å². The quantitative estimate of drug-likeness (QED) is 0.171. The van der Waals surface area contributed by atoms with E-state index in [1.165, 1.54) is 0 Å². The minimum Gasteiger partial charge on any atom is -0.481 e. The summed E-state index contributed by atoms with van der Waals surface area (Å²) in [6.07, 6.45) is 0.867. The first-order valence-corrected chi connectivity index (χ1v) is 7.84. The fraction of sp³-hybridized carbons (Fsp3) is 0.714. The van der Waals surface area contributed by atoms with Crippen molar-refractivity contribution >= 4 is 23.8 Å². The van der Waals surface area contributed by atoms with Crippen molar-refractivity contribution in [2.24, 2.45) is 11.5 Å². The van der Waals surface area contributed by atoms with Crippen LogP contribution in [0.15, 0.2) is 0 Å². The highest BCUT2D eigenvalue weighted by molar-refractivity contribution is 5.91. The van der Waals surface area contributed by atoms with Crippen molar-refractivity contribution in [3.05, 3.63) is 0 Å². The molecule has 9 N–H and O–H groups in total. The molecule has 3 unspecified atom stereocenters. The van der Waals surface area contributed by atoms with Gasteiger partial charge < -0.3 is 37.4 Å². The second kappa shape index (κ2) is 12.2. The molecule has 3 atom stereocenters. The molecule has 0 aliphatic carbocycles. The van der Waals surface area contributed by atoms with Gasteiger partial charge in [-0.1, -0.05) is 6.42 Å². The third-order valence-electron chi connectivity index (χ3n) is 3.38. The van der Waals surface area contributed by atoms with Gasteiger partial charge in [-0.2, -0.15) is 0 Å². The molecule has 0 aliphatic heterocycles. The van der Waals surface area contributed by atoms with Gasteiger partial charge in [-0.25, -0.2) is 4.79 Å². The fourth-order valence-electron chi connectivity index (χ4n) is 1.91. The number of carbonyl (C=O) groups is 4. The predicted molar refractivity (Wildman–Crippen MR) is 86.3 cm³/mol. The molecule has 0 fully saturated rings. The first kappa shape index (κ1) is 22.8. The number of amides is 2. The number of nitrogens with one attached hydrogen (secondary N) is 2. The number of unbranched alkanes of at least 4 members (excludes halogenated alkanes) is 1. The molecule has 2 amide bonds. The van der Waals surface area contributed by atoms with Gasteiger partial charge >= 0.3 is 11.9 Å². The first-order valence-electron chi connectivity index (χ1n) is 7.84. The van der Waals surface area contributed by atoms with Gasteiger partial charge in [-0.3, -0.25) is 14.4 Å². The van der Waals surface area contributed by atoms with Gasteiger partial charge in [0.15, 0.2) is 0 Å². The second-order valence-electron chi connectivity index (χ2n) is 5.47. The molecule has 0 radical (unpaired) electrons. The maximum Gasteiger partial charge on any atom is 0.326 e. The summed E-state index contributed by atoms with van der Waals surface area (Å²) in [7, 11) is 0. The summed E-state index contributed by atoms with van der Waals surface area (Å²) >= 11 is 0. The fourth-order valence-corrected chi connectivity index (χ4v) is 1.91. The molecule has 0 rings (SSSR count). The van der Waals surface area contributed by atoms with Crippen LogP contribution in [0.1, 0.15) is 32.1 Å². The Kier molecular flexibility index (Phi) is 11.1. The molecule has 0 aliphatic rings. The van der Waals surface area contributed by atoms with Gasteiger partial charge in [0, 0.05) is 6.42 Å². The molecule has 144 valence electrons. The van der Waals surface area contributed by atoms with Crippen molar-refractivity contribution < 1.29 is 34.5 Å². The summed E-state index contributed by atoms with van der Waals surface area (Å²) in [5, 5.41) is 31.1. The van der Waals surface area contributed by atoms with Gasteiger partial charge in [0.25, 0.3) is 0 Å². The standard InChI is InChI=1S/C14H26N4O7/c15-6-2-1-3-8(16)12(22)18-10(7-19)13(23)17-9(14(24)25)4-5-11(20)21/h8-10,19H,1-7,15-16H2,(H,17,23)(H,18,22)(H,20,21)(H,24,25). The summed E-state index contributed by atoms with van der Waals surface area (Å²) in [6, 6.07) is -3.73.